The van der Waals surface area contributed by atoms with Gasteiger partial charge in [0.1, 0.15) is 24.6 Å². The van der Waals surface area contributed by atoms with Crippen molar-refractivity contribution in [2.75, 3.05) is 13.2 Å². The first kappa shape index (κ1) is 29.8. The summed E-state index contributed by atoms with van der Waals surface area (Å²) in [5, 5.41) is 9.77. The summed E-state index contributed by atoms with van der Waals surface area (Å²) >= 11 is 6.07. The molecule has 0 bridgehead atoms. The van der Waals surface area contributed by atoms with Crippen LogP contribution in [0, 0.1) is 49.4 Å². The van der Waals surface area contributed by atoms with Crippen molar-refractivity contribution >= 4 is 23.0 Å². The second-order valence-corrected chi connectivity index (χ2v) is 11.8. The van der Waals surface area contributed by atoms with Gasteiger partial charge in [-0.2, -0.15) is 0 Å². The van der Waals surface area contributed by atoms with Crippen molar-refractivity contribution < 1.29 is 40.8 Å². The predicted molar refractivity (Wildman–Crippen MR) is 153 cm³/mol. The van der Waals surface area contributed by atoms with Crippen molar-refractivity contribution in [1.29, 1.82) is 0 Å². The van der Waals surface area contributed by atoms with Gasteiger partial charge in [0.25, 0.3) is 0 Å². The number of benzene rings is 1. The minimum Gasteiger partial charge on any atom is -0.395 e. The van der Waals surface area contributed by atoms with Crippen LogP contribution in [0.2, 0.25) is 5.02 Å². The van der Waals surface area contributed by atoms with E-state index in [-0.39, 0.29) is 36.5 Å². The molecule has 0 saturated carbocycles. The third-order valence-electron chi connectivity index (χ3n) is 7.01. The smallest absolute Gasteiger partial charge is 0.125 e. The fourth-order valence-corrected chi connectivity index (χ4v) is 5.07. The summed E-state index contributed by atoms with van der Waals surface area (Å²) in [6.07, 6.45) is 4.81. The Hall–Kier alpha value is -2.20. The van der Waals surface area contributed by atoms with Crippen molar-refractivity contribution in [3.63, 3.8) is 0 Å². The van der Waals surface area contributed by atoms with Gasteiger partial charge in [0, 0.05) is 52.8 Å². The van der Waals surface area contributed by atoms with E-state index in [9.17, 15) is 0 Å². The van der Waals surface area contributed by atoms with Crippen molar-refractivity contribution in [3.05, 3.63) is 81.8 Å². The molecule has 0 amide bonds. The molecule has 2 aliphatic rings. The number of hydrogen-bond acceptors (Lipinski definition) is 6. The average molecular weight is 769 g/mol. The summed E-state index contributed by atoms with van der Waals surface area (Å²) in [7, 11) is 0. The minimum atomic E-state index is -0.270. The third-order valence-corrected chi connectivity index (χ3v) is 7.27. The number of aromatic nitrogens is 2. The average Bonchev–Trinajstić information content (AvgIpc) is 2.89. The van der Waals surface area contributed by atoms with Gasteiger partial charge in [0.15, 0.2) is 0 Å². The monoisotopic (exact) mass is 768 g/mol. The first-order chi connectivity index (χ1) is 18.3. The quantitative estimate of drug-likeness (QED) is 0.239. The Labute approximate surface area is 260 Å². The number of fused-ring (bicyclic) bond motifs is 2. The Morgan fingerprint density at radius 2 is 1.51 bits per heavy atom. The SMILES string of the molecule is Cc1ccc2c(n1)/C(=N/OCC(C)(C)CO/N=C1\CC(C)Cc3ccc(-c4ccc(Cl)cc4)nc31)CCC2.[U]. The van der Waals surface area contributed by atoms with Gasteiger partial charge in [-0.05, 0) is 80.3 Å². The third kappa shape index (κ3) is 7.51. The predicted octanol–water partition coefficient (Wildman–Crippen LogP) is 7.19. The van der Waals surface area contributed by atoms with Crippen LogP contribution in [-0.2, 0) is 22.5 Å². The van der Waals surface area contributed by atoms with Gasteiger partial charge in [-0.3, -0.25) is 4.98 Å². The van der Waals surface area contributed by atoms with Gasteiger partial charge in [-0.15, -0.1) is 0 Å². The molecule has 5 rings (SSSR count). The van der Waals surface area contributed by atoms with Gasteiger partial charge in [-0.25, -0.2) is 4.98 Å². The Kier molecular flexibility index (Phi) is 9.91. The second-order valence-electron chi connectivity index (χ2n) is 11.3. The molecule has 8 heteroatoms. The van der Waals surface area contributed by atoms with Crippen LogP contribution >= 0.6 is 11.6 Å². The summed E-state index contributed by atoms with van der Waals surface area (Å²) in [5.74, 6) is 0.482. The number of halogens is 1. The first-order valence-electron chi connectivity index (χ1n) is 13.4. The van der Waals surface area contributed by atoms with Crippen molar-refractivity contribution in [3.8, 4) is 11.3 Å². The normalized spacial score (nSPS) is 18.7. The van der Waals surface area contributed by atoms with Crippen molar-refractivity contribution in [1.82, 2.24) is 9.97 Å². The summed E-state index contributed by atoms with van der Waals surface area (Å²) < 4.78 is 0. The van der Waals surface area contributed by atoms with E-state index in [1.54, 1.807) is 0 Å². The standard InChI is InChI=1S/C31H35ClN4O2.U/c1-20-16-24-12-15-26(22-10-13-25(32)14-11-22)34-30(24)28(17-20)36-38-19-31(3,4)18-37-35-27-7-5-6-23-9-8-21(2)33-29(23)27;/h8-15,20H,5-7,16-19H2,1-4H3;/b35-27+,36-28+;. The van der Waals surface area contributed by atoms with E-state index in [1.807, 2.05) is 31.2 Å². The van der Waals surface area contributed by atoms with Crippen molar-refractivity contribution in [2.24, 2.45) is 21.6 Å². The number of oxime groups is 2. The summed E-state index contributed by atoms with van der Waals surface area (Å²) in [6, 6.07) is 16.2. The van der Waals surface area contributed by atoms with Crippen LogP contribution in [0.5, 0.6) is 0 Å². The molecule has 202 valence electrons. The molecular weight excluding hydrogens is 734 g/mol. The molecule has 2 heterocycles. The Morgan fingerprint density at radius 3 is 2.26 bits per heavy atom. The van der Waals surface area contributed by atoms with Crippen LogP contribution in [0.25, 0.3) is 11.3 Å². The van der Waals surface area contributed by atoms with Crippen LogP contribution in [0.1, 0.15) is 68.2 Å². The maximum absolute atomic E-state index is 6.07. The molecule has 0 saturated heterocycles. The molecule has 0 aliphatic heterocycles. The van der Waals surface area contributed by atoms with Gasteiger partial charge >= 0.3 is 0 Å². The van der Waals surface area contributed by atoms with E-state index < -0.39 is 0 Å². The summed E-state index contributed by atoms with van der Waals surface area (Å²) in [4.78, 5) is 21.4. The summed E-state index contributed by atoms with van der Waals surface area (Å²) in [5.41, 5.74) is 8.85. The zero-order valence-corrected chi connectivity index (χ0v) is 28.0. The molecule has 6 nitrogen and oxygen atoms in total. The molecule has 2 aliphatic carbocycles. The van der Waals surface area contributed by atoms with Crippen LogP contribution in [0.15, 0.2) is 58.8 Å². The molecule has 1 unspecified atom stereocenters. The molecule has 0 spiro atoms. The van der Waals surface area contributed by atoms with Crippen LogP contribution in [-0.4, -0.2) is 34.6 Å². The number of nitrogens with zero attached hydrogens (tertiary/aromatic N) is 4. The fraction of sp³-hybridized carbons (Fsp3) is 0.419. The minimum absolute atomic E-state index is 0. The van der Waals surface area contributed by atoms with E-state index in [4.69, 9.17) is 31.2 Å². The summed E-state index contributed by atoms with van der Waals surface area (Å²) in [6.45, 7) is 9.28. The van der Waals surface area contributed by atoms with E-state index >= 15 is 0 Å². The Bertz CT molecular complexity index is 1370. The zero-order valence-electron chi connectivity index (χ0n) is 23.1. The number of rotatable bonds is 7. The van der Waals surface area contributed by atoms with E-state index in [1.165, 1.54) is 11.1 Å². The molecule has 3 aromatic rings. The van der Waals surface area contributed by atoms with Gasteiger partial charge in [-0.1, -0.05) is 66.9 Å². The molecule has 1 aromatic carbocycles. The topological polar surface area (TPSA) is 69.0 Å². The maximum Gasteiger partial charge on any atom is 0.125 e. The van der Waals surface area contributed by atoms with Crippen molar-refractivity contribution in [2.45, 2.75) is 59.8 Å². The van der Waals surface area contributed by atoms with Crippen LogP contribution in [0.4, 0.5) is 0 Å². The second kappa shape index (κ2) is 13.0. The van der Waals surface area contributed by atoms with E-state index in [0.29, 0.717) is 24.2 Å². The Morgan fingerprint density at radius 1 is 0.846 bits per heavy atom. The largest absolute Gasteiger partial charge is 0.395 e. The number of hydrogen-bond donors (Lipinski definition) is 0. The number of aryl methyl sites for hydroxylation is 2. The Balaban J connectivity index is 0.00000353. The molecule has 0 fully saturated rings. The molecule has 1 atom stereocenters. The number of pyridine rings is 2. The first-order valence-corrected chi connectivity index (χ1v) is 13.8. The van der Waals surface area contributed by atoms with Crippen LogP contribution < -0.4 is 0 Å². The maximum atomic E-state index is 6.07. The molecule has 2 aromatic heterocycles. The zero-order chi connectivity index (χ0) is 26.7. The fourth-order valence-electron chi connectivity index (χ4n) is 4.94. The molecule has 0 N–H and O–H groups in total. The van der Waals surface area contributed by atoms with Gasteiger partial charge < -0.3 is 9.68 Å². The molecule has 39 heavy (non-hydrogen) atoms. The molecule has 0 radical (unpaired) electrons. The van der Waals surface area contributed by atoms with Crippen LogP contribution in [0.3, 0.4) is 0 Å². The van der Waals surface area contributed by atoms with Gasteiger partial charge in [0.2, 0.25) is 0 Å². The molecular formula is C31H35ClN4O2U. The van der Waals surface area contributed by atoms with E-state index in [2.05, 4.69) is 55.3 Å². The van der Waals surface area contributed by atoms with Gasteiger partial charge in [0.05, 0.1) is 17.1 Å². The van der Waals surface area contributed by atoms with E-state index in [0.717, 1.165) is 71.9 Å².